The summed E-state index contributed by atoms with van der Waals surface area (Å²) in [5.41, 5.74) is 0.289. The van der Waals surface area contributed by atoms with Gasteiger partial charge in [0, 0.05) is 6.07 Å². The van der Waals surface area contributed by atoms with E-state index in [1.807, 2.05) is 0 Å². The molecule has 1 aromatic heterocycles. The van der Waals surface area contributed by atoms with Gasteiger partial charge in [0.2, 0.25) is 5.88 Å². The van der Waals surface area contributed by atoms with Crippen LogP contribution in [0.25, 0.3) is 0 Å². The zero-order chi connectivity index (χ0) is 13.8. The molecular weight excluding hydrogens is 253 g/mol. The van der Waals surface area contributed by atoms with Crippen molar-refractivity contribution in [2.24, 2.45) is 0 Å². The van der Waals surface area contributed by atoms with Gasteiger partial charge in [-0.05, 0) is 19.4 Å². The molecule has 1 rings (SSSR count). The van der Waals surface area contributed by atoms with Gasteiger partial charge in [0.25, 0.3) is 0 Å². The predicted molar refractivity (Wildman–Crippen MR) is 54.3 cm³/mol. The number of nitrogens with zero attached hydrogens (tertiary/aromatic N) is 2. The van der Waals surface area contributed by atoms with Crippen molar-refractivity contribution in [1.82, 2.24) is 10.2 Å². The molecule has 18 heavy (non-hydrogen) atoms. The second kappa shape index (κ2) is 5.65. The van der Waals surface area contributed by atoms with E-state index in [0.29, 0.717) is 5.56 Å². The van der Waals surface area contributed by atoms with Crippen molar-refractivity contribution in [2.75, 3.05) is 13.2 Å². The summed E-state index contributed by atoms with van der Waals surface area (Å²) < 4.78 is 44.8. The van der Waals surface area contributed by atoms with Crippen LogP contribution in [0.2, 0.25) is 0 Å². The molecule has 0 saturated carbocycles. The predicted octanol–water partition coefficient (Wildman–Crippen LogP) is 1.90. The average Bonchev–Trinajstić information content (AvgIpc) is 2.25. The number of ether oxygens (including phenoxy) is 2. The van der Waals surface area contributed by atoms with Gasteiger partial charge in [-0.3, -0.25) is 0 Å². The second-order valence-corrected chi connectivity index (χ2v) is 3.34. The number of aromatic nitrogens is 2. The number of alkyl halides is 3. The number of hydrogen-bond acceptors (Lipinski definition) is 5. The van der Waals surface area contributed by atoms with E-state index in [0.717, 1.165) is 0 Å². The van der Waals surface area contributed by atoms with Crippen LogP contribution in [0.15, 0.2) is 6.07 Å². The molecule has 8 heteroatoms. The van der Waals surface area contributed by atoms with Crippen LogP contribution in [0, 0.1) is 6.92 Å². The summed E-state index contributed by atoms with van der Waals surface area (Å²) in [5, 5.41) is 6.85. The third-order valence-corrected chi connectivity index (χ3v) is 1.81. The van der Waals surface area contributed by atoms with E-state index in [9.17, 15) is 18.0 Å². The zero-order valence-electron chi connectivity index (χ0n) is 9.74. The third kappa shape index (κ3) is 4.19. The molecule has 0 radical (unpaired) electrons. The average molecular weight is 264 g/mol. The SMILES string of the molecule is CCOC(=O)c1nnc(OCC(F)(F)F)cc1C. The fraction of sp³-hybridized carbons (Fsp3) is 0.500. The minimum atomic E-state index is -4.45. The lowest BCUT2D eigenvalue weighted by Gasteiger charge is -2.09. The van der Waals surface area contributed by atoms with Crippen molar-refractivity contribution < 1.29 is 27.4 Å². The molecule has 1 heterocycles. The van der Waals surface area contributed by atoms with Crippen molar-refractivity contribution in [3.63, 3.8) is 0 Å². The Morgan fingerprint density at radius 1 is 1.39 bits per heavy atom. The first-order valence-electron chi connectivity index (χ1n) is 5.04. The number of esters is 1. The van der Waals surface area contributed by atoms with Gasteiger partial charge in [0.05, 0.1) is 6.61 Å². The van der Waals surface area contributed by atoms with Gasteiger partial charge in [0.1, 0.15) is 0 Å². The van der Waals surface area contributed by atoms with Gasteiger partial charge in [0.15, 0.2) is 12.3 Å². The summed E-state index contributed by atoms with van der Waals surface area (Å²) in [5.74, 6) is -0.970. The maximum absolute atomic E-state index is 11.9. The van der Waals surface area contributed by atoms with E-state index in [4.69, 9.17) is 4.74 Å². The first kappa shape index (κ1) is 14.2. The highest BCUT2D eigenvalue weighted by atomic mass is 19.4. The summed E-state index contributed by atoms with van der Waals surface area (Å²) in [7, 11) is 0. The first-order valence-corrected chi connectivity index (χ1v) is 5.04. The smallest absolute Gasteiger partial charge is 0.422 e. The highest BCUT2D eigenvalue weighted by Crippen LogP contribution is 2.18. The Labute approximate surface area is 101 Å². The normalized spacial score (nSPS) is 11.2. The number of carbonyl (C=O) groups excluding carboxylic acids is 1. The molecule has 0 bridgehead atoms. The number of carbonyl (C=O) groups is 1. The molecule has 0 atom stereocenters. The summed E-state index contributed by atoms with van der Waals surface area (Å²) in [6.45, 7) is 1.84. The summed E-state index contributed by atoms with van der Waals surface area (Å²) in [4.78, 5) is 11.3. The first-order chi connectivity index (χ1) is 8.33. The van der Waals surface area contributed by atoms with E-state index in [1.54, 1.807) is 6.92 Å². The van der Waals surface area contributed by atoms with E-state index in [1.165, 1.54) is 13.0 Å². The van der Waals surface area contributed by atoms with Crippen LogP contribution in [0.3, 0.4) is 0 Å². The van der Waals surface area contributed by atoms with Crippen LogP contribution >= 0.6 is 0 Å². The topological polar surface area (TPSA) is 61.3 Å². The Morgan fingerprint density at radius 2 is 2.06 bits per heavy atom. The molecule has 0 spiro atoms. The van der Waals surface area contributed by atoms with Gasteiger partial charge in [-0.25, -0.2) is 4.79 Å². The van der Waals surface area contributed by atoms with Crippen molar-refractivity contribution in [1.29, 1.82) is 0 Å². The monoisotopic (exact) mass is 264 g/mol. The molecule has 0 unspecified atom stereocenters. The van der Waals surface area contributed by atoms with Crippen LogP contribution in [-0.2, 0) is 4.74 Å². The number of rotatable bonds is 4. The van der Waals surface area contributed by atoms with Crippen molar-refractivity contribution in [2.45, 2.75) is 20.0 Å². The molecule has 0 aliphatic carbocycles. The van der Waals surface area contributed by atoms with E-state index >= 15 is 0 Å². The van der Waals surface area contributed by atoms with Crippen LogP contribution in [0.5, 0.6) is 5.88 Å². The molecule has 1 aromatic rings. The molecule has 5 nitrogen and oxygen atoms in total. The number of hydrogen-bond donors (Lipinski definition) is 0. The van der Waals surface area contributed by atoms with Crippen molar-refractivity contribution in [3.05, 3.63) is 17.3 Å². The highest BCUT2D eigenvalue weighted by molar-refractivity contribution is 5.88. The Kier molecular flexibility index (Phi) is 4.46. The molecule has 0 aromatic carbocycles. The third-order valence-electron chi connectivity index (χ3n) is 1.81. The van der Waals surface area contributed by atoms with Crippen LogP contribution in [-0.4, -0.2) is 35.6 Å². The second-order valence-electron chi connectivity index (χ2n) is 3.34. The molecule has 100 valence electrons. The van der Waals surface area contributed by atoms with Crippen molar-refractivity contribution >= 4 is 5.97 Å². The van der Waals surface area contributed by atoms with E-state index in [-0.39, 0.29) is 18.2 Å². The molecular formula is C10H11F3N2O3. The molecule has 0 amide bonds. The van der Waals surface area contributed by atoms with Crippen LogP contribution in [0.4, 0.5) is 13.2 Å². The Bertz CT molecular complexity index is 435. The maximum atomic E-state index is 11.9. The maximum Gasteiger partial charge on any atom is 0.422 e. The minimum absolute atomic E-state index is 0.0452. The Morgan fingerprint density at radius 3 is 2.56 bits per heavy atom. The van der Waals surface area contributed by atoms with Gasteiger partial charge in [-0.2, -0.15) is 13.2 Å². The molecule has 0 aliphatic heterocycles. The lowest BCUT2D eigenvalue weighted by atomic mass is 10.2. The number of aryl methyl sites for hydroxylation is 1. The van der Waals surface area contributed by atoms with Crippen LogP contribution < -0.4 is 4.74 Å². The van der Waals surface area contributed by atoms with Crippen molar-refractivity contribution in [3.8, 4) is 5.88 Å². The van der Waals surface area contributed by atoms with E-state index < -0.39 is 18.8 Å². The Hall–Kier alpha value is -1.86. The standard InChI is InChI=1S/C10H11F3N2O3/c1-3-17-9(16)8-6(2)4-7(14-15-8)18-5-10(11,12)13/h4H,3,5H2,1-2H3. The lowest BCUT2D eigenvalue weighted by molar-refractivity contribution is -0.154. The lowest BCUT2D eigenvalue weighted by Crippen LogP contribution is -2.20. The summed E-state index contributed by atoms with van der Waals surface area (Å²) in [6.07, 6.45) is -4.45. The van der Waals surface area contributed by atoms with Crippen LogP contribution in [0.1, 0.15) is 23.0 Å². The molecule has 0 saturated heterocycles. The fourth-order valence-corrected chi connectivity index (χ4v) is 1.09. The fourth-order valence-electron chi connectivity index (χ4n) is 1.09. The zero-order valence-corrected chi connectivity index (χ0v) is 9.74. The number of halogens is 3. The van der Waals surface area contributed by atoms with E-state index in [2.05, 4.69) is 14.9 Å². The van der Waals surface area contributed by atoms with Gasteiger partial charge < -0.3 is 9.47 Å². The minimum Gasteiger partial charge on any atom is -0.467 e. The molecule has 0 fully saturated rings. The largest absolute Gasteiger partial charge is 0.467 e. The molecule has 0 N–H and O–H groups in total. The van der Waals surface area contributed by atoms with Gasteiger partial charge >= 0.3 is 12.1 Å². The Balaban J connectivity index is 2.76. The quantitative estimate of drug-likeness (QED) is 0.777. The summed E-state index contributed by atoms with van der Waals surface area (Å²) >= 11 is 0. The van der Waals surface area contributed by atoms with Gasteiger partial charge in [-0.15, -0.1) is 10.2 Å². The highest BCUT2D eigenvalue weighted by Gasteiger charge is 2.29. The summed E-state index contributed by atoms with van der Waals surface area (Å²) in [6, 6.07) is 1.20. The molecule has 0 aliphatic rings. The van der Waals surface area contributed by atoms with Gasteiger partial charge in [-0.1, -0.05) is 0 Å².